The van der Waals surface area contributed by atoms with E-state index in [9.17, 15) is 19.2 Å². The highest BCUT2D eigenvalue weighted by molar-refractivity contribution is 8.01. The van der Waals surface area contributed by atoms with Crippen LogP contribution in [0.5, 0.6) is 0 Å². The molecule has 0 aromatic carbocycles. The Kier molecular flexibility index (Phi) is 12.4. The van der Waals surface area contributed by atoms with Crippen LogP contribution in [0.4, 0.5) is 5.13 Å². The van der Waals surface area contributed by atoms with Crippen LogP contribution in [0.15, 0.2) is 21.8 Å². The number of rotatable bonds is 15. The molecule has 1 saturated heterocycles. The molecule has 18 heteroatoms. The van der Waals surface area contributed by atoms with Crippen molar-refractivity contribution in [1.82, 2.24) is 40.3 Å². The number of hydrogen-bond donors (Lipinski definition) is 2. The molecular weight excluding hydrogens is 679 g/mol. The second-order valence-electron chi connectivity index (χ2n) is 12.8. The average molecular weight is 722 g/mol. The van der Waals surface area contributed by atoms with E-state index < -0.39 is 35.6 Å². The first-order valence-corrected chi connectivity index (χ1v) is 19.0. The van der Waals surface area contributed by atoms with Crippen molar-refractivity contribution in [3.05, 3.63) is 22.3 Å². The quantitative estimate of drug-likeness (QED) is 0.118. The van der Waals surface area contributed by atoms with Crippen LogP contribution in [0.2, 0.25) is 0 Å². The Balaban J connectivity index is 1.36. The number of fused-ring (bicyclic) bond motifs is 1. The fourth-order valence-corrected chi connectivity index (χ4v) is 8.71. The van der Waals surface area contributed by atoms with Crippen molar-refractivity contribution >= 4 is 63.7 Å². The van der Waals surface area contributed by atoms with Crippen LogP contribution in [0, 0.1) is 11.8 Å². The third-order valence-electron chi connectivity index (χ3n) is 8.18. The number of nitrogens with two attached hydrogens (primary N) is 1. The third kappa shape index (κ3) is 9.06. The van der Waals surface area contributed by atoms with Gasteiger partial charge in [0.05, 0.1) is 18.7 Å². The highest BCUT2D eigenvalue weighted by Crippen LogP contribution is 2.42. The Morgan fingerprint density at radius 1 is 1.19 bits per heavy atom. The Labute approximate surface area is 292 Å². The van der Waals surface area contributed by atoms with E-state index in [2.05, 4.69) is 25.8 Å². The summed E-state index contributed by atoms with van der Waals surface area (Å²) in [6, 6.07) is -0.827. The average Bonchev–Trinajstić information content (AvgIpc) is 3.68. The minimum absolute atomic E-state index is 0.0190. The molecule has 2 aliphatic heterocycles. The minimum atomic E-state index is -1.06. The van der Waals surface area contributed by atoms with Gasteiger partial charge in [-0.3, -0.25) is 19.3 Å². The molecular formula is C30H43N9O6S3. The van der Waals surface area contributed by atoms with Gasteiger partial charge >= 0.3 is 11.9 Å². The van der Waals surface area contributed by atoms with Crippen molar-refractivity contribution < 1.29 is 28.7 Å². The number of carbonyl (C=O) groups excluding carboxylic acids is 4. The molecule has 4 heterocycles. The van der Waals surface area contributed by atoms with E-state index >= 15 is 0 Å². The van der Waals surface area contributed by atoms with Gasteiger partial charge in [0.1, 0.15) is 17.1 Å². The number of esters is 2. The molecule has 0 spiro atoms. The first-order chi connectivity index (χ1) is 23.0. The molecule has 3 N–H and O–H groups in total. The number of hydrogen-bond acceptors (Lipinski definition) is 15. The van der Waals surface area contributed by atoms with Gasteiger partial charge in [0.15, 0.2) is 5.13 Å². The van der Waals surface area contributed by atoms with Gasteiger partial charge in [0, 0.05) is 35.8 Å². The molecule has 2 fully saturated rings. The zero-order chi connectivity index (χ0) is 34.4. The largest absolute Gasteiger partial charge is 0.425 e. The fraction of sp³-hybridized carbons (Fsp3) is 0.667. The predicted octanol–water partition coefficient (Wildman–Crippen LogP) is 2.30. The first-order valence-electron chi connectivity index (χ1n) is 16.1. The number of β-lactam (4-membered cyclic amide) rings is 1. The molecule has 5 rings (SSSR count). The summed E-state index contributed by atoms with van der Waals surface area (Å²) < 4.78 is 13.5. The van der Waals surface area contributed by atoms with Crippen LogP contribution >= 0.6 is 34.9 Å². The molecule has 262 valence electrons. The van der Waals surface area contributed by atoms with E-state index in [0.29, 0.717) is 39.6 Å². The molecule has 2 amide bonds. The van der Waals surface area contributed by atoms with Crippen LogP contribution in [0.1, 0.15) is 58.1 Å². The summed E-state index contributed by atoms with van der Waals surface area (Å²) in [4.78, 5) is 61.0. The topological polar surface area (TPSA) is 188 Å². The summed E-state index contributed by atoms with van der Waals surface area (Å²) in [7, 11) is 3.93. The van der Waals surface area contributed by atoms with Crippen LogP contribution < -0.4 is 11.1 Å². The van der Waals surface area contributed by atoms with Crippen LogP contribution in [0.25, 0.3) is 0 Å². The predicted molar refractivity (Wildman–Crippen MR) is 181 cm³/mol. The molecule has 0 bridgehead atoms. The zero-order valence-corrected chi connectivity index (χ0v) is 30.1. The number of amides is 2. The number of nitrogens with zero attached hydrogens (tertiary/aromatic N) is 7. The van der Waals surface area contributed by atoms with Gasteiger partial charge in [-0.25, -0.2) is 14.5 Å². The Morgan fingerprint density at radius 2 is 1.96 bits per heavy atom. The minimum Gasteiger partial charge on any atom is -0.425 e. The lowest BCUT2D eigenvalue weighted by Gasteiger charge is -2.50. The highest BCUT2D eigenvalue weighted by Gasteiger charge is 2.54. The summed E-state index contributed by atoms with van der Waals surface area (Å²) in [5.74, 6) is -1.28. The molecule has 3 aliphatic rings. The van der Waals surface area contributed by atoms with Crippen molar-refractivity contribution in [1.29, 1.82) is 0 Å². The lowest BCUT2D eigenvalue weighted by Crippen LogP contribution is -2.70. The summed E-state index contributed by atoms with van der Waals surface area (Å²) >= 11 is 4.05. The van der Waals surface area contributed by atoms with Gasteiger partial charge in [-0.1, -0.05) is 44.9 Å². The van der Waals surface area contributed by atoms with Gasteiger partial charge in [0.2, 0.25) is 11.1 Å². The summed E-state index contributed by atoms with van der Waals surface area (Å²) in [5.41, 5.74) is 7.00. The number of anilines is 1. The number of tetrazole rings is 1. The van der Waals surface area contributed by atoms with Gasteiger partial charge < -0.3 is 25.4 Å². The van der Waals surface area contributed by atoms with E-state index in [-0.39, 0.29) is 36.3 Å². The van der Waals surface area contributed by atoms with Crippen LogP contribution in [-0.2, 0) is 41.6 Å². The molecule has 2 aromatic heterocycles. The van der Waals surface area contributed by atoms with E-state index in [0.717, 1.165) is 38.6 Å². The van der Waals surface area contributed by atoms with Crippen molar-refractivity contribution in [2.75, 3.05) is 37.9 Å². The van der Waals surface area contributed by atoms with Crippen molar-refractivity contribution in [3.63, 3.8) is 0 Å². The maximum Gasteiger partial charge on any atom is 0.358 e. The highest BCUT2D eigenvalue weighted by atomic mass is 32.2. The third-order valence-corrected chi connectivity index (χ3v) is 11.3. The van der Waals surface area contributed by atoms with Gasteiger partial charge in [0.25, 0.3) is 12.2 Å². The molecule has 0 radical (unpaired) electrons. The summed E-state index contributed by atoms with van der Waals surface area (Å²) in [6.07, 6.45) is 3.63. The number of carbonyl (C=O) groups is 4. The maximum atomic E-state index is 14.1. The second kappa shape index (κ2) is 16.5. The van der Waals surface area contributed by atoms with Crippen molar-refractivity contribution in [3.8, 4) is 0 Å². The molecule has 1 aliphatic carbocycles. The van der Waals surface area contributed by atoms with Crippen LogP contribution in [-0.4, -0.2) is 109 Å². The number of aromatic nitrogens is 5. The van der Waals surface area contributed by atoms with Crippen molar-refractivity contribution in [2.45, 2.75) is 88.2 Å². The van der Waals surface area contributed by atoms with E-state index in [1.165, 1.54) is 39.8 Å². The standard InChI is InChI=1S/C30H43N9O6S3/c1-17(2)12-22(41)44-28(18-8-6-5-7-9-18)45-27(43)24-19(15-48-30-34-35-36-38(30)11-10-37(3)4)14-46-26-23(25(42)39(24)26)33-21(40)13-20-16-47-29(31)32-20/h16-18,23,26,28H,5-15H2,1-4H3,(H2,31,32)(H,33,40)/t23-,26-,28?/m1/s1. The number of ether oxygens (including phenoxy) is 2. The van der Waals surface area contributed by atoms with E-state index in [1.807, 2.05) is 32.8 Å². The molecule has 2 aromatic rings. The van der Waals surface area contributed by atoms with Gasteiger partial charge in [-0.15, -0.1) is 28.2 Å². The second-order valence-corrected chi connectivity index (χ2v) is 15.7. The number of likely N-dealkylation sites (N-methyl/N-ethyl adjacent to an activating group) is 1. The van der Waals surface area contributed by atoms with E-state index in [4.69, 9.17) is 15.2 Å². The Morgan fingerprint density at radius 3 is 2.65 bits per heavy atom. The van der Waals surface area contributed by atoms with Crippen molar-refractivity contribution in [2.24, 2.45) is 11.8 Å². The fourth-order valence-electron chi connectivity index (χ4n) is 5.76. The Hall–Kier alpha value is -3.22. The first kappa shape index (κ1) is 36.1. The summed E-state index contributed by atoms with van der Waals surface area (Å²) in [6.45, 7) is 5.16. The maximum absolute atomic E-state index is 14.1. The molecule has 48 heavy (non-hydrogen) atoms. The molecule has 15 nitrogen and oxygen atoms in total. The number of thiazole rings is 1. The zero-order valence-electron chi connectivity index (χ0n) is 27.6. The van der Waals surface area contributed by atoms with Gasteiger partial charge in [-0.05, 0) is 48.9 Å². The lowest BCUT2D eigenvalue weighted by molar-refractivity contribution is -0.200. The van der Waals surface area contributed by atoms with Gasteiger partial charge in [-0.2, -0.15) is 0 Å². The molecule has 1 saturated carbocycles. The molecule has 3 atom stereocenters. The number of nitrogens with one attached hydrogen (secondary N) is 1. The van der Waals surface area contributed by atoms with Crippen LogP contribution in [0.3, 0.4) is 0 Å². The smallest absolute Gasteiger partial charge is 0.358 e. The normalized spacial score (nSPS) is 20.5. The Bertz CT molecular complexity index is 1510. The lowest BCUT2D eigenvalue weighted by atomic mass is 9.88. The van der Waals surface area contributed by atoms with E-state index in [1.54, 1.807) is 10.1 Å². The number of nitrogen functional groups attached to an aromatic ring is 1. The monoisotopic (exact) mass is 721 g/mol. The SMILES string of the molecule is CC(C)CC(=O)OC(OC(=O)C1=C(CSc2nnnn2CCN(C)C)CS[C@@H]2[C@H](NC(=O)Cc3csc(N)n3)C(=O)N12)C1CCCCC1. The summed E-state index contributed by atoms with van der Waals surface area (Å²) in [5, 5.41) is 17.0. The number of thioether (sulfide) groups is 2. The molecule has 1 unspecified atom stereocenters.